The Kier molecular flexibility index (Phi) is 3.90. The van der Waals surface area contributed by atoms with Crippen molar-refractivity contribution in [1.29, 1.82) is 0 Å². The lowest BCUT2D eigenvalue weighted by Gasteiger charge is -2.05. The third-order valence-electron chi connectivity index (χ3n) is 4.23. The van der Waals surface area contributed by atoms with Gasteiger partial charge in [0.15, 0.2) is 0 Å². The first-order valence-electron chi connectivity index (χ1n) is 8.27. The number of rotatable bonds is 4. The molecule has 2 N–H and O–H groups in total. The van der Waals surface area contributed by atoms with Gasteiger partial charge in [0.05, 0.1) is 11.7 Å². The number of nitrogens with one attached hydrogen (secondary N) is 2. The number of amides is 1. The van der Waals surface area contributed by atoms with Crippen molar-refractivity contribution in [2.45, 2.75) is 19.8 Å². The van der Waals surface area contributed by atoms with Crippen LogP contribution >= 0.6 is 0 Å². The first kappa shape index (κ1) is 15.3. The van der Waals surface area contributed by atoms with Gasteiger partial charge in [-0.2, -0.15) is 0 Å². The Balaban J connectivity index is 1.48. The van der Waals surface area contributed by atoms with Gasteiger partial charge >= 0.3 is 0 Å². The molecule has 0 fully saturated rings. The van der Waals surface area contributed by atoms with Crippen LogP contribution in [0.25, 0.3) is 21.8 Å². The summed E-state index contributed by atoms with van der Waals surface area (Å²) in [4.78, 5) is 24.1. The minimum atomic E-state index is -0.0582. The molecule has 0 bridgehead atoms. The first-order chi connectivity index (χ1) is 12.2. The molecule has 3 aromatic heterocycles. The van der Waals surface area contributed by atoms with E-state index in [0.29, 0.717) is 18.7 Å². The van der Waals surface area contributed by atoms with Crippen molar-refractivity contribution in [2.75, 3.05) is 5.32 Å². The van der Waals surface area contributed by atoms with Crippen LogP contribution in [0.2, 0.25) is 0 Å². The zero-order chi connectivity index (χ0) is 17.2. The molecular weight excluding hydrogens is 312 g/mol. The maximum absolute atomic E-state index is 12.1. The maximum atomic E-state index is 12.1. The Morgan fingerprint density at radius 3 is 2.76 bits per heavy atom. The van der Waals surface area contributed by atoms with Crippen LogP contribution in [-0.4, -0.2) is 20.9 Å². The zero-order valence-electron chi connectivity index (χ0n) is 13.9. The van der Waals surface area contributed by atoms with Gasteiger partial charge in [0.2, 0.25) is 5.91 Å². The smallest absolute Gasteiger partial charge is 0.225 e. The third-order valence-corrected chi connectivity index (χ3v) is 4.23. The van der Waals surface area contributed by atoms with E-state index in [1.807, 2.05) is 37.4 Å². The lowest BCUT2D eigenvalue weighted by molar-refractivity contribution is -0.116. The summed E-state index contributed by atoms with van der Waals surface area (Å²) in [5.41, 5.74) is 4.08. The van der Waals surface area contributed by atoms with Crippen molar-refractivity contribution >= 4 is 33.5 Å². The summed E-state index contributed by atoms with van der Waals surface area (Å²) in [6, 6.07) is 14.0. The van der Waals surface area contributed by atoms with Crippen LogP contribution in [0.1, 0.15) is 17.7 Å². The normalized spacial score (nSPS) is 11.1. The number of nitrogens with zero attached hydrogens (tertiary/aromatic N) is 2. The molecule has 0 saturated carbocycles. The molecule has 0 aliphatic carbocycles. The SMILES string of the molecule is Cc1ccc(NC(=O)CCc2cc3c(cn2)[nH]c2ccccc23)nc1. The fourth-order valence-electron chi connectivity index (χ4n) is 2.92. The topological polar surface area (TPSA) is 70.7 Å². The maximum Gasteiger partial charge on any atom is 0.225 e. The Bertz CT molecular complexity index is 1050. The Labute approximate surface area is 145 Å². The molecule has 3 heterocycles. The average molecular weight is 330 g/mol. The monoisotopic (exact) mass is 330 g/mol. The van der Waals surface area contributed by atoms with E-state index in [0.717, 1.165) is 27.7 Å². The number of hydrogen-bond donors (Lipinski definition) is 2. The highest BCUT2D eigenvalue weighted by Gasteiger charge is 2.08. The van der Waals surface area contributed by atoms with E-state index in [4.69, 9.17) is 0 Å². The van der Waals surface area contributed by atoms with Crippen LogP contribution in [-0.2, 0) is 11.2 Å². The van der Waals surface area contributed by atoms with Crippen molar-refractivity contribution in [3.8, 4) is 0 Å². The predicted octanol–water partition coefficient (Wildman–Crippen LogP) is 3.99. The Morgan fingerprint density at radius 2 is 1.92 bits per heavy atom. The molecule has 0 aliphatic rings. The highest BCUT2D eigenvalue weighted by molar-refractivity contribution is 6.06. The van der Waals surface area contributed by atoms with Crippen LogP contribution in [0.15, 0.2) is 54.9 Å². The van der Waals surface area contributed by atoms with Crippen molar-refractivity contribution < 1.29 is 4.79 Å². The molecule has 4 aromatic rings. The molecule has 0 atom stereocenters. The van der Waals surface area contributed by atoms with Crippen molar-refractivity contribution in [3.05, 3.63) is 66.1 Å². The van der Waals surface area contributed by atoms with Gasteiger partial charge in [-0.05, 0) is 37.1 Å². The fraction of sp³-hybridized carbons (Fsp3) is 0.150. The lowest BCUT2D eigenvalue weighted by Crippen LogP contribution is -2.13. The quantitative estimate of drug-likeness (QED) is 0.594. The number of hydrogen-bond acceptors (Lipinski definition) is 3. The van der Waals surface area contributed by atoms with Gasteiger partial charge < -0.3 is 10.3 Å². The predicted molar refractivity (Wildman–Crippen MR) is 99.5 cm³/mol. The van der Waals surface area contributed by atoms with Crippen LogP contribution in [0.5, 0.6) is 0 Å². The van der Waals surface area contributed by atoms with Gasteiger partial charge in [0.1, 0.15) is 5.82 Å². The number of carbonyl (C=O) groups excluding carboxylic acids is 1. The number of carbonyl (C=O) groups is 1. The minimum absolute atomic E-state index is 0.0582. The molecule has 1 amide bonds. The number of pyridine rings is 2. The highest BCUT2D eigenvalue weighted by Crippen LogP contribution is 2.25. The highest BCUT2D eigenvalue weighted by atomic mass is 16.1. The van der Waals surface area contributed by atoms with Crippen molar-refractivity contribution in [3.63, 3.8) is 0 Å². The number of benzene rings is 1. The molecule has 25 heavy (non-hydrogen) atoms. The van der Waals surface area contributed by atoms with Crippen molar-refractivity contribution in [2.24, 2.45) is 0 Å². The second-order valence-electron chi connectivity index (χ2n) is 6.16. The van der Waals surface area contributed by atoms with Gasteiger partial charge in [-0.1, -0.05) is 24.3 Å². The van der Waals surface area contributed by atoms with Gasteiger partial charge in [0, 0.05) is 34.6 Å². The largest absolute Gasteiger partial charge is 0.353 e. The molecule has 0 saturated heterocycles. The molecular formula is C20H18N4O. The summed E-state index contributed by atoms with van der Waals surface area (Å²) in [5, 5.41) is 5.13. The van der Waals surface area contributed by atoms with Gasteiger partial charge in [-0.15, -0.1) is 0 Å². The van der Waals surface area contributed by atoms with E-state index in [9.17, 15) is 4.79 Å². The van der Waals surface area contributed by atoms with Gasteiger partial charge in [0.25, 0.3) is 0 Å². The zero-order valence-corrected chi connectivity index (χ0v) is 13.9. The Morgan fingerprint density at radius 1 is 1.04 bits per heavy atom. The summed E-state index contributed by atoms with van der Waals surface area (Å²) < 4.78 is 0. The summed E-state index contributed by atoms with van der Waals surface area (Å²) in [5.74, 6) is 0.521. The molecule has 0 spiro atoms. The number of fused-ring (bicyclic) bond motifs is 3. The Hall–Kier alpha value is -3.21. The summed E-state index contributed by atoms with van der Waals surface area (Å²) >= 11 is 0. The standard InChI is InChI=1S/C20H18N4O/c1-13-6-8-19(22-11-13)24-20(25)9-7-14-10-16-15-4-2-3-5-17(15)23-18(16)12-21-14/h2-6,8,10-12,23H,7,9H2,1H3,(H,22,24,25). The molecule has 0 radical (unpaired) electrons. The number of H-pyrrole nitrogens is 1. The molecule has 0 unspecified atom stereocenters. The van der Waals surface area contributed by atoms with Crippen LogP contribution in [0.4, 0.5) is 5.82 Å². The van der Waals surface area contributed by atoms with E-state index in [1.165, 1.54) is 5.39 Å². The summed E-state index contributed by atoms with van der Waals surface area (Å²) in [6.07, 6.45) is 4.54. The van der Waals surface area contributed by atoms with Crippen LogP contribution in [0.3, 0.4) is 0 Å². The van der Waals surface area contributed by atoms with E-state index in [2.05, 4.69) is 38.5 Å². The molecule has 1 aromatic carbocycles. The van der Waals surface area contributed by atoms with Gasteiger partial charge in [-0.3, -0.25) is 9.78 Å². The molecule has 124 valence electrons. The van der Waals surface area contributed by atoms with Crippen LogP contribution in [0, 0.1) is 6.92 Å². The van der Waals surface area contributed by atoms with Crippen LogP contribution < -0.4 is 5.32 Å². The number of aryl methyl sites for hydroxylation is 2. The van der Waals surface area contributed by atoms with E-state index < -0.39 is 0 Å². The second-order valence-corrected chi connectivity index (χ2v) is 6.16. The lowest BCUT2D eigenvalue weighted by atomic mass is 10.1. The summed E-state index contributed by atoms with van der Waals surface area (Å²) in [7, 11) is 0. The number of aromatic amines is 1. The molecule has 4 rings (SSSR count). The van der Waals surface area contributed by atoms with E-state index >= 15 is 0 Å². The minimum Gasteiger partial charge on any atom is -0.353 e. The molecule has 5 nitrogen and oxygen atoms in total. The number of para-hydroxylation sites is 1. The second kappa shape index (κ2) is 6.36. The molecule has 0 aliphatic heterocycles. The third kappa shape index (κ3) is 3.21. The van der Waals surface area contributed by atoms with E-state index in [1.54, 1.807) is 6.20 Å². The number of aromatic nitrogens is 3. The average Bonchev–Trinajstić information content (AvgIpc) is 3.00. The van der Waals surface area contributed by atoms with E-state index in [-0.39, 0.29) is 5.91 Å². The molecule has 5 heteroatoms. The van der Waals surface area contributed by atoms with Gasteiger partial charge in [-0.25, -0.2) is 4.98 Å². The van der Waals surface area contributed by atoms with Crippen molar-refractivity contribution in [1.82, 2.24) is 15.0 Å². The summed E-state index contributed by atoms with van der Waals surface area (Å²) in [6.45, 7) is 1.96. The first-order valence-corrected chi connectivity index (χ1v) is 8.27. The number of anilines is 1. The fourth-order valence-corrected chi connectivity index (χ4v) is 2.92.